The van der Waals surface area contributed by atoms with Crippen molar-refractivity contribution in [1.29, 1.82) is 0 Å². The fourth-order valence-electron chi connectivity index (χ4n) is 3.07. The Labute approximate surface area is 132 Å². The highest BCUT2D eigenvalue weighted by Crippen LogP contribution is 2.26. The lowest BCUT2D eigenvalue weighted by Gasteiger charge is -2.19. The van der Waals surface area contributed by atoms with E-state index >= 15 is 0 Å². The Morgan fingerprint density at radius 3 is 2.64 bits per heavy atom. The lowest BCUT2D eigenvalue weighted by atomic mass is 9.86. The Morgan fingerprint density at radius 1 is 1.27 bits per heavy atom. The second-order valence-corrected chi connectivity index (χ2v) is 7.42. The normalized spacial score (nSPS) is 12.3. The fraction of sp³-hybridized carbons (Fsp3) is 0.444. The summed E-state index contributed by atoms with van der Waals surface area (Å²) < 4.78 is 6.42. The van der Waals surface area contributed by atoms with Gasteiger partial charge in [0.25, 0.3) is 0 Å². The monoisotopic (exact) mass is 297 g/mol. The second-order valence-electron chi connectivity index (χ2n) is 7.42. The number of aryl methyl sites for hydroxylation is 3. The van der Waals surface area contributed by atoms with Gasteiger partial charge in [0.05, 0.1) is 0 Å². The Bertz CT molecular complexity index is 831. The molecule has 0 unspecified atom stereocenters. The molecular formula is C18H25N4+. The molecule has 3 rings (SSSR count). The number of imidazole rings is 2. The van der Waals surface area contributed by atoms with Crippen LogP contribution >= 0.6 is 0 Å². The van der Waals surface area contributed by atoms with Gasteiger partial charge in [-0.2, -0.15) is 4.57 Å². The van der Waals surface area contributed by atoms with Crippen LogP contribution in [0.4, 0.5) is 0 Å². The van der Waals surface area contributed by atoms with Crippen LogP contribution in [0, 0.1) is 12.3 Å². The molecule has 3 heterocycles. The van der Waals surface area contributed by atoms with Gasteiger partial charge >= 0.3 is 0 Å². The molecule has 0 amide bonds. The van der Waals surface area contributed by atoms with Crippen molar-refractivity contribution in [2.24, 2.45) is 19.5 Å². The van der Waals surface area contributed by atoms with E-state index < -0.39 is 0 Å². The fourth-order valence-corrected chi connectivity index (χ4v) is 3.07. The summed E-state index contributed by atoms with van der Waals surface area (Å²) in [7, 11) is 4.18. The van der Waals surface area contributed by atoms with E-state index in [1.54, 1.807) is 0 Å². The van der Waals surface area contributed by atoms with Crippen LogP contribution in [0.5, 0.6) is 0 Å². The average Bonchev–Trinajstić information content (AvgIpc) is 2.95. The highest BCUT2D eigenvalue weighted by molar-refractivity contribution is 5.57. The number of rotatable bonds is 2. The van der Waals surface area contributed by atoms with Crippen LogP contribution in [0.15, 0.2) is 30.9 Å². The average molecular weight is 297 g/mol. The topological polar surface area (TPSA) is 26.1 Å². The van der Waals surface area contributed by atoms with E-state index in [9.17, 15) is 0 Å². The molecule has 0 bridgehead atoms. The van der Waals surface area contributed by atoms with Gasteiger partial charge in [-0.05, 0) is 24.3 Å². The van der Waals surface area contributed by atoms with Crippen molar-refractivity contribution in [3.05, 3.63) is 42.0 Å². The Hall–Kier alpha value is -2.10. The summed E-state index contributed by atoms with van der Waals surface area (Å²) >= 11 is 0. The van der Waals surface area contributed by atoms with Gasteiger partial charge in [-0.3, -0.25) is 4.40 Å². The Morgan fingerprint density at radius 2 is 2.00 bits per heavy atom. The molecule has 116 valence electrons. The second kappa shape index (κ2) is 4.97. The minimum atomic E-state index is 0.282. The molecule has 0 saturated heterocycles. The van der Waals surface area contributed by atoms with Crippen LogP contribution in [-0.2, 0) is 20.5 Å². The summed E-state index contributed by atoms with van der Waals surface area (Å²) in [6.07, 6.45) is 9.27. The first-order chi connectivity index (χ1) is 10.3. The third kappa shape index (κ3) is 2.54. The first-order valence-corrected chi connectivity index (χ1v) is 7.74. The SMILES string of the molecule is Cc1c[n+](C)c(-c2cn3ccnc3n2C)cc1CC(C)(C)C. The van der Waals surface area contributed by atoms with Crippen molar-refractivity contribution >= 4 is 5.78 Å². The number of nitrogens with zero attached hydrogens (tertiary/aromatic N) is 4. The van der Waals surface area contributed by atoms with E-state index in [1.807, 2.05) is 12.4 Å². The molecule has 0 spiro atoms. The van der Waals surface area contributed by atoms with Crippen LogP contribution in [0.1, 0.15) is 31.9 Å². The molecule has 0 aliphatic heterocycles. The van der Waals surface area contributed by atoms with Crippen LogP contribution in [-0.4, -0.2) is 14.0 Å². The summed E-state index contributed by atoms with van der Waals surface area (Å²) in [6, 6.07) is 2.33. The molecule has 0 saturated carbocycles. The van der Waals surface area contributed by atoms with E-state index in [1.165, 1.54) is 22.5 Å². The molecular weight excluding hydrogens is 272 g/mol. The lowest BCUT2D eigenvalue weighted by molar-refractivity contribution is -0.661. The molecule has 0 atom stereocenters. The van der Waals surface area contributed by atoms with Crippen LogP contribution in [0.2, 0.25) is 0 Å². The zero-order chi connectivity index (χ0) is 16.1. The maximum Gasteiger partial charge on any atom is 0.230 e. The molecule has 0 fully saturated rings. The molecule has 0 N–H and O–H groups in total. The zero-order valence-corrected chi connectivity index (χ0v) is 14.4. The summed E-state index contributed by atoms with van der Waals surface area (Å²) in [5, 5.41) is 0. The van der Waals surface area contributed by atoms with E-state index in [2.05, 4.69) is 78.8 Å². The number of hydrogen-bond acceptors (Lipinski definition) is 1. The van der Waals surface area contributed by atoms with Crippen LogP contribution in [0.3, 0.4) is 0 Å². The van der Waals surface area contributed by atoms with Crippen molar-refractivity contribution in [3.8, 4) is 11.4 Å². The predicted octanol–water partition coefficient (Wildman–Crippen LogP) is 3.06. The molecule has 0 aliphatic rings. The predicted molar refractivity (Wildman–Crippen MR) is 88.7 cm³/mol. The summed E-state index contributed by atoms with van der Waals surface area (Å²) in [5.74, 6) is 0.966. The van der Waals surface area contributed by atoms with Gasteiger partial charge < -0.3 is 4.57 Å². The van der Waals surface area contributed by atoms with Gasteiger partial charge in [-0.15, -0.1) is 0 Å². The maximum absolute atomic E-state index is 4.41. The molecule has 22 heavy (non-hydrogen) atoms. The minimum absolute atomic E-state index is 0.282. The standard InChI is InChI=1S/C18H25N4/c1-13-11-20(5)15(9-14(13)10-18(2,3)4)16-12-22-8-7-19-17(22)21(16)6/h7-9,11-12H,10H2,1-6H3/q+1. The van der Waals surface area contributed by atoms with Gasteiger partial charge in [-0.25, -0.2) is 4.98 Å². The highest BCUT2D eigenvalue weighted by Gasteiger charge is 2.21. The van der Waals surface area contributed by atoms with Gasteiger partial charge in [0, 0.05) is 37.3 Å². The number of fused-ring (bicyclic) bond motifs is 1. The van der Waals surface area contributed by atoms with Crippen molar-refractivity contribution in [3.63, 3.8) is 0 Å². The van der Waals surface area contributed by atoms with Gasteiger partial charge in [-0.1, -0.05) is 20.8 Å². The lowest BCUT2D eigenvalue weighted by Crippen LogP contribution is -2.32. The van der Waals surface area contributed by atoms with Gasteiger partial charge in [0.2, 0.25) is 11.5 Å². The molecule has 0 aliphatic carbocycles. The first-order valence-electron chi connectivity index (χ1n) is 7.74. The summed E-state index contributed by atoms with van der Waals surface area (Å²) in [4.78, 5) is 4.41. The number of pyridine rings is 1. The number of hydrogen-bond donors (Lipinski definition) is 0. The summed E-state index contributed by atoms with van der Waals surface area (Å²) in [5.41, 5.74) is 5.45. The van der Waals surface area contributed by atoms with E-state index in [-0.39, 0.29) is 5.41 Å². The quantitative estimate of drug-likeness (QED) is 0.668. The molecule has 0 radical (unpaired) electrons. The molecule has 4 nitrogen and oxygen atoms in total. The third-order valence-electron chi connectivity index (χ3n) is 4.14. The number of aromatic nitrogens is 4. The largest absolute Gasteiger partial charge is 0.308 e. The van der Waals surface area contributed by atoms with Crippen molar-refractivity contribution in [2.75, 3.05) is 0 Å². The van der Waals surface area contributed by atoms with Crippen molar-refractivity contribution in [2.45, 2.75) is 34.1 Å². The van der Waals surface area contributed by atoms with Crippen LogP contribution < -0.4 is 4.57 Å². The van der Waals surface area contributed by atoms with E-state index in [4.69, 9.17) is 0 Å². The molecule has 0 aromatic carbocycles. The van der Waals surface area contributed by atoms with Gasteiger partial charge in [0.1, 0.15) is 12.7 Å². The molecule has 4 heteroatoms. The minimum Gasteiger partial charge on any atom is -0.308 e. The Balaban J connectivity index is 2.15. The summed E-state index contributed by atoms with van der Waals surface area (Å²) in [6.45, 7) is 9.06. The van der Waals surface area contributed by atoms with Crippen LogP contribution in [0.25, 0.3) is 17.2 Å². The molecule has 3 aromatic rings. The highest BCUT2D eigenvalue weighted by atomic mass is 15.2. The zero-order valence-electron chi connectivity index (χ0n) is 14.4. The Kier molecular flexibility index (Phi) is 3.35. The van der Waals surface area contributed by atoms with Gasteiger partial charge in [0.15, 0.2) is 6.20 Å². The first kappa shape index (κ1) is 14.8. The maximum atomic E-state index is 4.41. The van der Waals surface area contributed by atoms with E-state index in [0.717, 1.165) is 12.2 Å². The third-order valence-corrected chi connectivity index (χ3v) is 4.14. The van der Waals surface area contributed by atoms with Crippen molar-refractivity contribution in [1.82, 2.24) is 14.0 Å². The van der Waals surface area contributed by atoms with Crippen molar-refractivity contribution < 1.29 is 4.57 Å². The smallest absolute Gasteiger partial charge is 0.230 e. The van der Waals surface area contributed by atoms with E-state index in [0.29, 0.717) is 0 Å². The molecule has 3 aromatic heterocycles.